The highest BCUT2D eigenvalue weighted by molar-refractivity contribution is 5.89. The molecule has 0 aromatic heterocycles. The molecule has 1 rings (SSSR count). The summed E-state index contributed by atoms with van der Waals surface area (Å²) in [4.78, 5) is 37.4. The van der Waals surface area contributed by atoms with Crippen LogP contribution in [0.2, 0.25) is 0 Å². The largest absolute Gasteiger partial charge is 0.461 e. The number of benzene rings is 1. The number of unbranched alkanes of at least 4 members (excludes halogenated alkanes) is 11. The molecule has 1 unspecified atom stereocenters. The topological polar surface area (TPSA) is 93.7 Å². The maximum atomic E-state index is 12.8. The van der Waals surface area contributed by atoms with E-state index in [0.29, 0.717) is 6.54 Å². The van der Waals surface area contributed by atoms with E-state index in [-0.39, 0.29) is 13.0 Å². The van der Waals surface area contributed by atoms with Gasteiger partial charge in [-0.15, -0.1) is 0 Å². The van der Waals surface area contributed by atoms with Gasteiger partial charge in [0.25, 0.3) is 0 Å². The third-order valence-corrected chi connectivity index (χ3v) is 5.95. The summed E-state index contributed by atoms with van der Waals surface area (Å²) < 4.78 is 10.6. The normalized spacial score (nSPS) is 12.0. The molecule has 0 radical (unpaired) electrons. The standard InChI is InChI=1S/C30H50N2O5/c1-5-6-7-8-9-10-11-12-13-14-15-19-22-31-28(34)26(32-29(35)37-30(2,3)4)23-27(33)36-24-25-20-17-16-18-21-25/h16-18,20-21,26H,5-15,19,22-24H2,1-4H3,(H,31,34)(H,32,35). The Morgan fingerprint density at radius 1 is 0.811 bits per heavy atom. The van der Waals surface area contributed by atoms with Gasteiger partial charge in [-0.25, -0.2) is 4.79 Å². The Morgan fingerprint density at radius 2 is 1.35 bits per heavy atom. The molecule has 1 aromatic rings. The summed E-state index contributed by atoms with van der Waals surface area (Å²) in [5.74, 6) is -0.976. The number of nitrogens with one attached hydrogen (secondary N) is 2. The highest BCUT2D eigenvalue weighted by Gasteiger charge is 2.27. The lowest BCUT2D eigenvalue weighted by Crippen LogP contribution is -2.49. The maximum absolute atomic E-state index is 12.8. The molecule has 1 atom stereocenters. The molecule has 0 spiro atoms. The molecule has 2 amide bonds. The summed E-state index contributed by atoms with van der Waals surface area (Å²) in [5, 5.41) is 5.37. The molecule has 0 saturated carbocycles. The first-order valence-electron chi connectivity index (χ1n) is 14.2. The number of amides is 2. The highest BCUT2D eigenvalue weighted by atomic mass is 16.6. The fourth-order valence-electron chi connectivity index (χ4n) is 3.92. The first kappa shape index (κ1) is 32.5. The van der Waals surface area contributed by atoms with Crippen molar-refractivity contribution in [2.75, 3.05) is 6.54 Å². The second-order valence-electron chi connectivity index (χ2n) is 10.7. The Hall–Kier alpha value is -2.57. The lowest BCUT2D eigenvalue weighted by molar-refractivity contribution is -0.147. The molecular formula is C30H50N2O5. The van der Waals surface area contributed by atoms with Crippen LogP contribution in [0.1, 0.15) is 117 Å². The third kappa shape index (κ3) is 18.3. The zero-order chi connectivity index (χ0) is 27.4. The quantitative estimate of drug-likeness (QED) is 0.155. The molecule has 1 aromatic carbocycles. The van der Waals surface area contributed by atoms with Crippen molar-refractivity contribution >= 4 is 18.0 Å². The average molecular weight is 519 g/mol. The van der Waals surface area contributed by atoms with E-state index in [0.717, 1.165) is 24.8 Å². The van der Waals surface area contributed by atoms with Crippen LogP contribution in [0.3, 0.4) is 0 Å². The van der Waals surface area contributed by atoms with E-state index in [4.69, 9.17) is 9.47 Å². The van der Waals surface area contributed by atoms with Gasteiger partial charge in [-0.3, -0.25) is 9.59 Å². The number of carbonyl (C=O) groups excluding carboxylic acids is 3. The molecule has 0 aliphatic carbocycles. The fraction of sp³-hybridized carbons (Fsp3) is 0.700. The SMILES string of the molecule is CCCCCCCCCCCCCCNC(=O)C(CC(=O)OCc1ccccc1)NC(=O)OC(C)(C)C. The molecule has 2 N–H and O–H groups in total. The van der Waals surface area contributed by atoms with Gasteiger partial charge in [-0.1, -0.05) is 108 Å². The van der Waals surface area contributed by atoms with Crippen LogP contribution in [0.4, 0.5) is 4.79 Å². The second kappa shape index (κ2) is 19.5. The highest BCUT2D eigenvalue weighted by Crippen LogP contribution is 2.12. The van der Waals surface area contributed by atoms with Crippen molar-refractivity contribution in [1.82, 2.24) is 10.6 Å². The molecule has 210 valence electrons. The van der Waals surface area contributed by atoms with E-state index in [1.54, 1.807) is 20.8 Å². The summed E-state index contributed by atoms with van der Waals surface area (Å²) in [6.07, 6.45) is 13.9. The Labute approximate surface area is 224 Å². The van der Waals surface area contributed by atoms with Gasteiger partial charge in [0.05, 0.1) is 6.42 Å². The maximum Gasteiger partial charge on any atom is 0.408 e. The Bertz CT molecular complexity index is 761. The fourth-order valence-corrected chi connectivity index (χ4v) is 3.92. The first-order chi connectivity index (χ1) is 17.7. The molecule has 0 aliphatic heterocycles. The number of alkyl carbamates (subject to hydrolysis) is 1. The second-order valence-corrected chi connectivity index (χ2v) is 10.7. The van der Waals surface area contributed by atoms with Crippen molar-refractivity contribution in [3.05, 3.63) is 35.9 Å². The number of rotatable bonds is 19. The molecule has 0 heterocycles. The van der Waals surface area contributed by atoms with Crippen molar-refractivity contribution in [1.29, 1.82) is 0 Å². The van der Waals surface area contributed by atoms with Gasteiger partial charge < -0.3 is 20.1 Å². The van der Waals surface area contributed by atoms with Crippen LogP contribution >= 0.6 is 0 Å². The molecule has 0 saturated heterocycles. The van der Waals surface area contributed by atoms with E-state index in [2.05, 4.69) is 17.6 Å². The average Bonchev–Trinajstić information content (AvgIpc) is 2.84. The molecule has 0 fully saturated rings. The van der Waals surface area contributed by atoms with Crippen molar-refractivity contribution in [3.8, 4) is 0 Å². The predicted octanol–water partition coefficient (Wildman–Crippen LogP) is 6.83. The van der Waals surface area contributed by atoms with Crippen LogP contribution in [0.5, 0.6) is 0 Å². The predicted molar refractivity (Wildman–Crippen MR) is 148 cm³/mol. The van der Waals surface area contributed by atoms with E-state index in [1.807, 2.05) is 30.3 Å². The minimum Gasteiger partial charge on any atom is -0.461 e. The number of hydrogen-bond donors (Lipinski definition) is 2. The van der Waals surface area contributed by atoms with E-state index in [1.165, 1.54) is 57.8 Å². The zero-order valence-corrected chi connectivity index (χ0v) is 23.6. The number of carbonyl (C=O) groups is 3. The monoisotopic (exact) mass is 518 g/mol. The third-order valence-electron chi connectivity index (χ3n) is 5.95. The van der Waals surface area contributed by atoms with E-state index in [9.17, 15) is 14.4 Å². The zero-order valence-electron chi connectivity index (χ0n) is 23.6. The molecule has 7 nitrogen and oxygen atoms in total. The molecule has 7 heteroatoms. The minimum absolute atomic E-state index is 0.110. The van der Waals surface area contributed by atoms with Gasteiger partial charge in [0.1, 0.15) is 18.2 Å². The first-order valence-corrected chi connectivity index (χ1v) is 14.2. The van der Waals surface area contributed by atoms with Crippen LogP contribution in [-0.2, 0) is 25.7 Å². The lowest BCUT2D eigenvalue weighted by Gasteiger charge is -2.23. The van der Waals surface area contributed by atoms with Gasteiger partial charge in [-0.2, -0.15) is 0 Å². The van der Waals surface area contributed by atoms with Crippen LogP contribution in [0.25, 0.3) is 0 Å². The Balaban J connectivity index is 2.34. The van der Waals surface area contributed by atoms with Crippen LogP contribution < -0.4 is 10.6 Å². The summed E-state index contributed by atoms with van der Waals surface area (Å²) in [6, 6.07) is 8.25. The van der Waals surface area contributed by atoms with Crippen LogP contribution in [0.15, 0.2) is 30.3 Å². The van der Waals surface area contributed by atoms with Crippen molar-refractivity contribution < 1.29 is 23.9 Å². The summed E-state index contributed by atoms with van der Waals surface area (Å²) in [7, 11) is 0. The number of hydrogen-bond acceptors (Lipinski definition) is 5. The van der Waals surface area contributed by atoms with Crippen LogP contribution in [0, 0.1) is 0 Å². The summed E-state index contributed by atoms with van der Waals surface area (Å²) in [5.41, 5.74) is 0.137. The smallest absolute Gasteiger partial charge is 0.408 e. The molecule has 0 bridgehead atoms. The van der Waals surface area contributed by atoms with Gasteiger partial charge in [0, 0.05) is 6.54 Å². The lowest BCUT2D eigenvalue weighted by atomic mass is 10.1. The van der Waals surface area contributed by atoms with Crippen molar-refractivity contribution in [2.45, 2.75) is 129 Å². The van der Waals surface area contributed by atoms with Gasteiger partial charge >= 0.3 is 12.1 Å². The Morgan fingerprint density at radius 3 is 1.89 bits per heavy atom. The Kier molecular flexibility index (Phi) is 17.1. The van der Waals surface area contributed by atoms with Crippen LogP contribution in [-0.4, -0.2) is 36.2 Å². The minimum atomic E-state index is -1.06. The summed E-state index contributed by atoms with van der Waals surface area (Å²) >= 11 is 0. The number of esters is 1. The summed E-state index contributed by atoms with van der Waals surface area (Å²) in [6.45, 7) is 8.08. The molecular weight excluding hydrogens is 468 g/mol. The molecule has 37 heavy (non-hydrogen) atoms. The van der Waals surface area contributed by atoms with Crippen molar-refractivity contribution in [2.24, 2.45) is 0 Å². The van der Waals surface area contributed by atoms with Gasteiger partial charge in [0.2, 0.25) is 5.91 Å². The van der Waals surface area contributed by atoms with Gasteiger partial charge in [-0.05, 0) is 32.8 Å². The van der Waals surface area contributed by atoms with Crippen molar-refractivity contribution in [3.63, 3.8) is 0 Å². The molecule has 0 aliphatic rings. The van der Waals surface area contributed by atoms with E-state index >= 15 is 0 Å². The van der Waals surface area contributed by atoms with E-state index < -0.39 is 29.6 Å². The van der Waals surface area contributed by atoms with Gasteiger partial charge in [0.15, 0.2) is 0 Å². The number of ether oxygens (including phenoxy) is 2.